The lowest BCUT2D eigenvalue weighted by atomic mass is 9.97. The molecule has 1 aromatic heterocycles. The van der Waals surface area contributed by atoms with Gasteiger partial charge >= 0.3 is 0 Å². The number of benzene rings is 1. The highest BCUT2D eigenvalue weighted by molar-refractivity contribution is 14.0. The van der Waals surface area contributed by atoms with Gasteiger partial charge in [-0.25, -0.2) is 0 Å². The Kier molecular flexibility index (Phi) is 8.64. The molecule has 1 unspecified atom stereocenters. The summed E-state index contributed by atoms with van der Waals surface area (Å²) in [7, 11) is 0. The summed E-state index contributed by atoms with van der Waals surface area (Å²) in [4.78, 5) is 8.58. The maximum absolute atomic E-state index is 6.22. The quantitative estimate of drug-likeness (QED) is 0.325. The minimum Gasteiger partial charge on any atom is -0.490 e. The number of fused-ring (bicyclic) bond motifs is 1. The van der Waals surface area contributed by atoms with Crippen LogP contribution in [0.3, 0.4) is 0 Å². The van der Waals surface area contributed by atoms with E-state index in [1.54, 1.807) is 11.3 Å². The van der Waals surface area contributed by atoms with E-state index in [9.17, 15) is 0 Å². The highest BCUT2D eigenvalue weighted by Gasteiger charge is 2.25. The Morgan fingerprint density at radius 3 is 2.73 bits per heavy atom. The Morgan fingerprint density at radius 2 is 2.00 bits per heavy atom. The third kappa shape index (κ3) is 6.01. The van der Waals surface area contributed by atoms with Crippen molar-refractivity contribution in [3.8, 4) is 11.5 Å². The second-order valence-corrected chi connectivity index (χ2v) is 8.79. The maximum Gasteiger partial charge on any atom is 0.193 e. The summed E-state index contributed by atoms with van der Waals surface area (Å²) in [5, 5.41) is 5.34. The zero-order chi connectivity index (χ0) is 20.1. The van der Waals surface area contributed by atoms with E-state index < -0.39 is 0 Å². The van der Waals surface area contributed by atoms with Gasteiger partial charge in [0.05, 0.1) is 25.8 Å². The van der Waals surface area contributed by atoms with E-state index in [1.165, 1.54) is 17.7 Å². The molecule has 1 saturated heterocycles. The summed E-state index contributed by atoms with van der Waals surface area (Å²) in [5.74, 6) is 2.76. The van der Waals surface area contributed by atoms with E-state index in [2.05, 4.69) is 39.6 Å². The summed E-state index contributed by atoms with van der Waals surface area (Å²) >= 11 is 1.80. The van der Waals surface area contributed by atoms with Gasteiger partial charge < -0.3 is 20.5 Å². The number of piperidine rings is 1. The fourth-order valence-corrected chi connectivity index (χ4v) is 4.67. The number of halogens is 1. The first kappa shape index (κ1) is 23.1. The number of nitrogens with one attached hydrogen (secondary N) is 1. The third-order valence-electron chi connectivity index (χ3n) is 5.59. The molecule has 3 heterocycles. The minimum absolute atomic E-state index is 0. The Labute approximate surface area is 199 Å². The highest BCUT2D eigenvalue weighted by atomic mass is 127. The molecule has 1 aromatic carbocycles. The molecule has 2 aliphatic heterocycles. The lowest BCUT2D eigenvalue weighted by Gasteiger charge is -2.35. The molecule has 0 saturated carbocycles. The fraction of sp³-hybridized carbons (Fsp3) is 0.500. The van der Waals surface area contributed by atoms with E-state index in [1.807, 2.05) is 18.2 Å². The van der Waals surface area contributed by atoms with Gasteiger partial charge in [0.2, 0.25) is 0 Å². The second-order valence-electron chi connectivity index (χ2n) is 7.81. The van der Waals surface area contributed by atoms with Crippen molar-refractivity contribution in [3.63, 3.8) is 0 Å². The van der Waals surface area contributed by atoms with E-state index in [0.29, 0.717) is 25.7 Å². The van der Waals surface area contributed by atoms with Gasteiger partial charge in [-0.15, -0.1) is 35.3 Å². The standard InChI is InChI=1S/C22H30N4O2S.HI/c1-16-7-9-26(10-8-16)18(21-4-2-13-29-21)15-24-22(23)25-17-5-6-19-20(14-17)28-12-3-11-27-19;/h2,4-6,13-14,16,18H,3,7-12,15H2,1H3,(H3,23,24,25);1H. The van der Waals surface area contributed by atoms with Crippen LogP contribution >= 0.6 is 35.3 Å². The van der Waals surface area contributed by atoms with Crippen LogP contribution in [-0.4, -0.2) is 43.7 Å². The number of guanidine groups is 1. The first-order valence-electron chi connectivity index (χ1n) is 10.4. The number of rotatable bonds is 5. The largest absolute Gasteiger partial charge is 0.490 e. The summed E-state index contributed by atoms with van der Waals surface area (Å²) in [5.41, 5.74) is 7.07. The van der Waals surface area contributed by atoms with Crippen molar-refractivity contribution < 1.29 is 9.47 Å². The number of hydrogen-bond donors (Lipinski definition) is 2. The Hall–Kier alpha value is -1.52. The molecule has 0 spiro atoms. The molecule has 0 aliphatic carbocycles. The van der Waals surface area contributed by atoms with Crippen molar-refractivity contribution in [1.29, 1.82) is 0 Å². The molecule has 6 nitrogen and oxygen atoms in total. The van der Waals surface area contributed by atoms with Crippen LogP contribution in [0.15, 0.2) is 40.7 Å². The number of hydrogen-bond acceptors (Lipinski definition) is 5. The first-order chi connectivity index (χ1) is 14.2. The predicted molar refractivity (Wildman–Crippen MR) is 135 cm³/mol. The molecule has 1 atom stereocenters. The fourth-order valence-electron chi connectivity index (χ4n) is 3.82. The molecule has 8 heteroatoms. The third-order valence-corrected chi connectivity index (χ3v) is 6.56. The summed E-state index contributed by atoms with van der Waals surface area (Å²) < 4.78 is 11.4. The lowest BCUT2D eigenvalue weighted by molar-refractivity contribution is 0.143. The number of nitrogens with two attached hydrogens (primary N) is 1. The van der Waals surface area contributed by atoms with Crippen molar-refractivity contribution in [1.82, 2.24) is 4.90 Å². The van der Waals surface area contributed by atoms with Gasteiger partial charge in [-0.05, 0) is 55.4 Å². The van der Waals surface area contributed by atoms with Crippen LogP contribution in [0.2, 0.25) is 0 Å². The van der Waals surface area contributed by atoms with E-state index in [-0.39, 0.29) is 30.0 Å². The maximum atomic E-state index is 6.22. The summed E-state index contributed by atoms with van der Waals surface area (Å²) in [6.45, 7) is 6.58. The van der Waals surface area contributed by atoms with Gasteiger partial charge in [0.1, 0.15) is 0 Å². The van der Waals surface area contributed by atoms with Gasteiger partial charge in [0.25, 0.3) is 0 Å². The monoisotopic (exact) mass is 542 g/mol. The average Bonchev–Trinajstić information content (AvgIpc) is 3.15. The average molecular weight is 542 g/mol. The molecular formula is C22H31IN4O2S. The van der Waals surface area contributed by atoms with Gasteiger partial charge in [-0.2, -0.15) is 0 Å². The van der Waals surface area contributed by atoms with Crippen molar-refractivity contribution >= 4 is 47.0 Å². The van der Waals surface area contributed by atoms with Gasteiger partial charge in [-0.3, -0.25) is 9.89 Å². The Bertz CT molecular complexity index is 823. The molecule has 2 aromatic rings. The lowest BCUT2D eigenvalue weighted by Crippen LogP contribution is -2.37. The number of anilines is 1. The molecule has 1 fully saturated rings. The molecular weight excluding hydrogens is 511 g/mol. The van der Waals surface area contributed by atoms with Crippen LogP contribution in [0.1, 0.15) is 37.1 Å². The van der Waals surface area contributed by atoms with Gasteiger partial charge in [0.15, 0.2) is 17.5 Å². The molecule has 0 bridgehead atoms. The van der Waals surface area contributed by atoms with Gasteiger partial charge in [0, 0.05) is 23.1 Å². The molecule has 3 N–H and O–H groups in total. The number of thiophene rings is 1. The smallest absolute Gasteiger partial charge is 0.193 e. The summed E-state index contributed by atoms with van der Waals surface area (Å²) in [6, 6.07) is 10.4. The number of aliphatic imine (C=N–C) groups is 1. The van der Waals surface area contributed by atoms with Crippen molar-refractivity contribution in [2.24, 2.45) is 16.6 Å². The molecule has 2 aliphatic rings. The van der Waals surface area contributed by atoms with E-state index in [0.717, 1.165) is 42.6 Å². The minimum atomic E-state index is 0. The summed E-state index contributed by atoms with van der Waals surface area (Å²) in [6.07, 6.45) is 3.38. The molecule has 30 heavy (non-hydrogen) atoms. The van der Waals surface area contributed by atoms with Crippen LogP contribution in [0.4, 0.5) is 5.69 Å². The molecule has 4 rings (SSSR count). The Morgan fingerprint density at radius 1 is 1.23 bits per heavy atom. The normalized spacial score (nSPS) is 18.9. The van der Waals surface area contributed by atoms with Crippen LogP contribution < -0.4 is 20.5 Å². The van der Waals surface area contributed by atoms with Crippen molar-refractivity contribution in [2.75, 3.05) is 38.2 Å². The van der Waals surface area contributed by atoms with Crippen LogP contribution in [0, 0.1) is 5.92 Å². The highest BCUT2D eigenvalue weighted by Crippen LogP contribution is 2.32. The molecule has 164 valence electrons. The van der Waals surface area contributed by atoms with Gasteiger partial charge in [-0.1, -0.05) is 13.0 Å². The molecule has 0 radical (unpaired) electrons. The topological polar surface area (TPSA) is 72.1 Å². The number of ether oxygens (including phenoxy) is 2. The zero-order valence-corrected chi connectivity index (χ0v) is 20.5. The molecule has 0 amide bonds. The zero-order valence-electron chi connectivity index (χ0n) is 17.4. The van der Waals surface area contributed by atoms with Crippen LogP contribution in [0.5, 0.6) is 11.5 Å². The van der Waals surface area contributed by atoms with Crippen LogP contribution in [0.25, 0.3) is 0 Å². The Balaban J connectivity index is 0.00000256. The van der Waals surface area contributed by atoms with Crippen molar-refractivity contribution in [2.45, 2.75) is 32.2 Å². The van der Waals surface area contributed by atoms with E-state index >= 15 is 0 Å². The predicted octanol–water partition coefficient (Wildman–Crippen LogP) is 4.73. The van der Waals surface area contributed by atoms with Crippen molar-refractivity contribution in [3.05, 3.63) is 40.6 Å². The van der Waals surface area contributed by atoms with E-state index in [4.69, 9.17) is 15.2 Å². The number of likely N-dealkylation sites (tertiary alicyclic amines) is 1. The SMILES string of the molecule is CC1CCN(C(CN=C(N)Nc2ccc3c(c2)OCCCO3)c2cccs2)CC1.I. The second kappa shape index (κ2) is 11.2. The number of nitrogens with zero attached hydrogens (tertiary/aromatic N) is 2. The van der Waals surface area contributed by atoms with Crippen LogP contribution in [-0.2, 0) is 0 Å². The first-order valence-corrected chi connectivity index (χ1v) is 11.3.